The predicted octanol–water partition coefficient (Wildman–Crippen LogP) is 5.01. The maximum atomic E-state index is 13.1. The molecule has 0 atom stereocenters. The quantitative estimate of drug-likeness (QED) is 0.347. The van der Waals surface area contributed by atoms with Gasteiger partial charge in [-0.15, -0.1) is 0 Å². The SMILES string of the molecule is CCOc1cc(/C=C2\SC(=O)N(CC(=O)Nc3cc(C(F)(F)F)ccc3OC)C2=O)cc(Br)c1OCC(=O)O. The van der Waals surface area contributed by atoms with E-state index in [9.17, 15) is 32.3 Å². The summed E-state index contributed by atoms with van der Waals surface area (Å²) in [7, 11) is 1.21. The number of anilines is 1. The molecule has 15 heteroatoms. The van der Waals surface area contributed by atoms with Crippen molar-refractivity contribution < 1.29 is 51.7 Å². The molecule has 0 aromatic heterocycles. The van der Waals surface area contributed by atoms with E-state index in [1.807, 2.05) is 0 Å². The summed E-state index contributed by atoms with van der Waals surface area (Å²) in [5.74, 6) is -2.64. The van der Waals surface area contributed by atoms with Gasteiger partial charge in [0.2, 0.25) is 5.91 Å². The first-order chi connectivity index (χ1) is 18.3. The minimum Gasteiger partial charge on any atom is -0.495 e. The van der Waals surface area contributed by atoms with Crippen molar-refractivity contribution in [2.75, 3.05) is 32.2 Å². The third-order valence-corrected chi connectivity index (χ3v) is 6.44. The number of carbonyl (C=O) groups excluding carboxylic acids is 3. The van der Waals surface area contributed by atoms with Crippen molar-refractivity contribution in [1.82, 2.24) is 4.90 Å². The van der Waals surface area contributed by atoms with Crippen molar-refractivity contribution >= 4 is 62.5 Å². The zero-order chi connectivity index (χ0) is 28.9. The number of carboxylic acid groups (broad SMARTS) is 1. The molecule has 0 bridgehead atoms. The number of imide groups is 1. The van der Waals surface area contributed by atoms with Crippen LogP contribution in [0.4, 0.5) is 23.7 Å². The largest absolute Gasteiger partial charge is 0.495 e. The Morgan fingerprint density at radius 2 is 1.87 bits per heavy atom. The Morgan fingerprint density at radius 1 is 1.15 bits per heavy atom. The summed E-state index contributed by atoms with van der Waals surface area (Å²) < 4.78 is 55.3. The number of nitrogens with zero attached hydrogens (tertiary/aromatic N) is 1. The first-order valence-electron chi connectivity index (χ1n) is 10.9. The van der Waals surface area contributed by atoms with E-state index in [2.05, 4.69) is 21.2 Å². The summed E-state index contributed by atoms with van der Waals surface area (Å²) in [5.41, 5.74) is -0.903. The number of halogens is 4. The normalized spacial score (nSPS) is 14.5. The molecule has 0 saturated carbocycles. The zero-order valence-corrected chi connectivity index (χ0v) is 22.7. The number of aliphatic carboxylic acids is 1. The number of nitrogens with one attached hydrogen (secondary N) is 1. The molecule has 1 fully saturated rings. The van der Waals surface area contributed by atoms with Gasteiger partial charge in [0.25, 0.3) is 11.1 Å². The van der Waals surface area contributed by atoms with Gasteiger partial charge in [0, 0.05) is 0 Å². The van der Waals surface area contributed by atoms with E-state index in [0.29, 0.717) is 32.8 Å². The number of thioether (sulfide) groups is 1. The van der Waals surface area contributed by atoms with Gasteiger partial charge >= 0.3 is 12.1 Å². The van der Waals surface area contributed by atoms with Crippen LogP contribution in [0.15, 0.2) is 39.7 Å². The summed E-state index contributed by atoms with van der Waals surface area (Å²) in [6, 6.07) is 5.50. The van der Waals surface area contributed by atoms with Gasteiger partial charge in [-0.1, -0.05) is 0 Å². The molecule has 3 amide bonds. The third kappa shape index (κ3) is 7.44. The van der Waals surface area contributed by atoms with Crippen molar-refractivity contribution in [2.24, 2.45) is 0 Å². The highest BCUT2D eigenvalue weighted by Crippen LogP contribution is 2.40. The predicted molar refractivity (Wildman–Crippen MR) is 138 cm³/mol. The molecular formula is C24H20BrF3N2O8S. The van der Waals surface area contributed by atoms with Gasteiger partial charge in [-0.2, -0.15) is 13.2 Å². The highest BCUT2D eigenvalue weighted by atomic mass is 79.9. The number of alkyl halides is 3. The molecule has 208 valence electrons. The minimum absolute atomic E-state index is 0.0296. The molecule has 1 aliphatic rings. The summed E-state index contributed by atoms with van der Waals surface area (Å²) in [4.78, 5) is 49.4. The second-order valence-electron chi connectivity index (χ2n) is 7.67. The maximum Gasteiger partial charge on any atom is 0.416 e. The van der Waals surface area contributed by atoms with E-state index < -0.39 is 47.9 Å². The zero-order valence-electron chi connectivity index (χ0n) is 20.3. The fraction of sp³-hybridized carbons (Fsp3) is 0.250. The lowest BCUT2D eigenvalue weighted by atomic mass is 10.1. The molecule has 1 aliphatic heterocycles. The Morgan fingerprint density at radius 3 is 2.49 bits per heavy atom. The number of hydrogen-bond acceptors (Lipinski definition) is 8. The van der Waals surface area contributed by atoms with Crippen LogP contribution in [0.2, 0.25) is 0 Å². The Hall–Kier alpha value is -3.72. The second-order valence-corrected chi connectivity index (χ2v) is 9.52. The van der Waals surface area contributed by atoms with Crippen LogP contribution >= 0.6 is 27.7 Å². The molecule has 10 nitrogen and oxygen atoms in total. The molecule has 0 aliphatic carbocycles. The Kier molecular flexibility index (Phi) is 9.50. The monoisotopic (exact) mass is 632 g/mol. The molecule has 2 N–H and O–H groups in total. The van der Waals surface area contributed by atoms with Gasteiger partial charge in [0.1, 0.15) is 12.3 Å². The van der Waals surface area contributed by atoms with Gasteiger partial charge in [-0.3, -0.25) is 19.3 Å². The van der Waals surface area contributed by atoms with E-state index in [1.54, 1.807) is 6.92 Å². The molecule has 39 heavy (non-hydrogen) atoms. The van der Waals surface area contributed by atoms with Crippen LogP contribution in [0.1, 0.15) is 18.1 Å². The molecule has 0 spiro atoms. The summed E-state index contributed by atoms with van der Waals surface area (Å²) >= 11 is 3.83. The lowest BCUT2D eigenvalue weighted by molar-refractivity contribution is -0.139. The number of methoxy groups -OCH3 is 1. The van der Waals surface area contributed by atoms with Crippen LogP contribution in [0.25, 0.3) is 6.08 Å². The molecule has 2 aromatic carbocycles. The van der Waals surface area contributed by atoms with Crippen molar-refractivity contribution in [2.45, 2.75) is 13.1 Å². The van der Waals surface area contributed by atoms with E-state index in [0.717, 1.165) is 12.1 Å². The fourth-order valence-corrected chi connectivity index (χ4v) is 4.72. The van der Waals surface area contributed by atoms with Gasteiger partial charge in [0.15, 0.2) is 18.1 Å². The standard InChI is InChI=1S/C24H20BrF3N2O8S/c1-3-37-17-7-12(6-14(25)21(17)38-11-20(32)33)8-18-22(34)30(23(35)39-18)10-19(31)29-15-9-13(24(26,27)28)4-5-16(15)36-2/h4-9H,3,10-11H2,1-2H3,(H,29,31)(H,32,33)/b18-8-. The van der Waals surface area contributed by atoms with E-state index in [1.165, 1.54) is 25.3 Å². The Balaban J connectivity index is 1.79. The van der Waals surface area contributed by atoms with Gasteiger partial charge in [0.05, 0.1) is 34.3 Å². The third-order valence-electron chi connectivity index (χ3n) is 4.95. The number of carbonyl (C=O) groups is 4. The van der Waals surface area contributed by atoms with Crippen LogP contribution in [0, 0.1) is 0 Å². The fourth-order valence-electron chi connectivity index (χ4n) is 3.31. The summed E-state index contributed by atoms with van der Waals surface area (Å²) in [6.07, 6.45) is -3.30. The first-order valence-corrected chi connectivity index (χ1v) is 12.6. The van der Waals surface area contributed by atoms with Gasteiger partial charge in [-0.05, 0) is 76.6 Å². The second kappa shape index (κ2) is 12.4. The van der Waals surface area contributed by atoms with Crippen LogP contribution in [-0.4, -0.2) is 59.9 Å². The van der Waals surface area contributed by atoms with Gasteiger partial charge < -0.3 is 24.6 Å². The van der Waals surface area contributed by atoms with E-state index >= 15 is 0 Å². The van der Waals surface area contributed by atoms with Crippen LogP contribution in [0.5, 0.6) is 17.2 Å². The Bertz CT molecular complexity index is 1350. The topological polar surface area (TPSA) is 131 Å². The number of hydrogen-bond donors (Lipinski definition) is 2. The van der Waals surface area contributed by atoms with E-state index in [4.69, 9.17) is 19.3 Å². The lowest BCUT2D eigenvalue weighted by Gasteiger charge is -2.16. The molecule has 2 aromatic rings. The van der Waals surface area contributed by atoms with Crippen molar-refractivity contribution in [3.05, 3.63) is 50.8 Å². The Labute approximate surface area is 232 Å². The lowest BCUT2D eigenvalue weighted by Crippen LogP contribution is -2.36. The van der Waals surface area contributed by atoms with Crippen molar-refractivity contribution in [1.29, 1.82) is 0 Å². The molecule has 1 saturated heterocycles. The van der Waals surface area contributed by atoms with Gasteiger partial charge in [-0.25, -0.2) is 4.79 Å². The summed E-state index contributed by atoms with van der Waals surface area (Å²) in [6.45, 7) is 0.553. The number of ether oxygens (including phenoxy) is 3. The maximum absolute atomic E-state index is 13.1. The smallest absolute Gasteiger partial charge is 0.416 e. The van der Waals surface area contributed by atoms with Crippen LogP contribution in [-0.2, 0) is 20.6 Å². The average Bonchev–Trinajstić information content (AvgIpc) is 3.10. The van der Waals surface area contributed by atoms with Crippen LogP contribution < -0.4 is 19.5 Å². The minimum atomic E-state index is -4.67. The number of amides is 3. The number of benzene rings is 2. The average molecular weight is 633 g/mol. The molecule has 1 heterocycles. The first kappa shape index (κ1) is 29.8. The molecule has 0 unspecified atom stereocenters. The van der Waals surface area contributed by atoms with E-state index in [-0.39, 0.29) is 34.4 Å². The highest BCUT2D eigenvalue weighted by Gasteiger charge is 2.37. The molecule has 0 radical (unpaired) electrons. The molecular weight excluding hydrogens is 613 g/mol. The van der Waals surface area contributed by atoms with Crippen molar-refractivity contribution in [3.63, 3.8) is 0 Å². The summed E-state index contributed by atoms with van der Waals surface area (Å²) in [5, 5.41) is 10.4. The number of rotatable bonds is 10. The highest BCUT2D eigenvalue weighted by molar-refractivity contribution is 9.10. The van der Waals surface area contributed by atoms with Crippen molar-refractivity contribution in [3.8, 4) is 17.2 Å². The molecule has 3 rings (SSSR count). The number of carboxylic acids is 1. The van der Waals surface area contributed by atoms with Crippen LogP contribution in [0.3, 0.4) is 0 Å².